The standard InChI is InChI=1S/C18H30N4/c1-5-19-18(20-12-14-21(6-2)15(3)4)22-13-11-16-9-7-8-10-17(16)22/h7-10,15H,5-6,11-14H2,1-4H3,(H,19,20). The second kappa shape index (κ2) is 8.18. The third-order valence-electron chi connectivity index (χ3n) is 4.26. The number of anilines is 1. The predicted molar refractivity (Wildman–Crippen MR) is 95.9 cm³/mol. The highest BCUT2D eigenvalue weighted by Gasteiger charge is 2.22. The quantitative estimate of drug-likeness (QED) is 0.647. The van der Waals surface area contributed by atoms with Gasteiger partial charge >= 0.3 is 0 Å². The molecule has 0 aliphatic carbocycles. The normalized spacial score (nSPS) is 14.8. The molecule has 1 N–H and O–H groups in total. The molecule has 0 atom stereocenters. The van der Waals surface area contributed by atoms with E-state index in [4.69, 9.17) is 4.99 Å². The highest BCUT2D eigenvalue weighted by Crippen LogP contribution is 2.27. The Morgan fingerprint density at radius 2 is 2.09 bits per heavy atom. The monoisotopic (exact) mass is 302 g/mol. The van der Waals surface area contributed by atoms with Gasteiger partial charge in [-0.3, -0.25) is 9.89 Å². The number of hydrogen-bond donors (Lipinski definition) is 1. The number of aliphatic imine (C=N–C) groups is 1. The number of hydrogen-bond acceptors (Lipinski definition) is 2. The minimum Gasteiger partial charge on any atom is -0.356 e. The summed E-state index contributed by atoms with van der Waals surface area (Å²) < 4.78 is 0. The second-order valence-corrected chi connectivity index (χ2v) is 5.99. The molecule has 0 amide bonds. The molecule has 0 aromatic heterocycles. The molecule has 4 nitrogen and oxygen atoms in total. The number of fused-ring (bicyclic) bond motifs is 1. The Morgan fingerprint density at radius 1 is 1.32 bits per heavy atom. The van der Waals surface area contributed by atoms with Crippen molar-refractivity contribution in [1.82, 2.24) is 10.2 Å². The van der Waals surface area contributed by atoms with Crippen LogP contribution in [0.2, 0.25) is 0 Å². The van der Waals surface area contributed by atoms with E-state index in [9.17, 15) is 0 Å². The van der Waals surface area contributed by atoms with Crippen molar-refractivity contribution in [2.24, 2.45) is 4.99 Å². The molecule has 0 radical (unpaired) electrons. The molecule has 1 aliphatic rings. The van der Waals surface area contributed by atoms with Crippen LogP contribution in [-0.2, 0) is 6.42 Å². The average molecular weight is 302 g/mol. The van der Waals surface area contributed by atoms with Crippen LogP contribution in [0.4, 0.5) is 5.69 Å². The van der Waals surface area contributed by atoms with E-state index in [0.717, 1.165) is 45.1 Å². The summed E-state index contributed by atoms with van der Waals surface area (Å²) >= 11 is 0. The van der Waals surface area contributed by atoms with E-state index in [2.05, 4.69) is 67.1 Å². The van der Waals surface area contributed by atoms with Gasteiger partial charge in [0.1, 0.15) is 0 Å². The lowest BCUT2D eigenvalue weighted by Gasteiger charge is -2.25. The van der Waals surface area contributed by atoms with Crippen LogP contribution in [0.15, 0.2) is 29.3 Å². The highest BCUT2D eigenvalue weighted by molar-refractivity contribution is 5.97. The molecule has 2 rings (SSSR count). The third kappa shape index (κ3) is 4.01. The van der Waals surface area contributed by atoms with E-state index < -0.39 is 0 Å². The van der Waals surface area contributed by atoms with Gasteiger partial charge in [-0.2, -0.15) is 0 Å². The van der Waals surface area contributed by atoms with E-state index in [1.807, 2.05) is 0 Å². The number of guanidine groups is 1. The number of benzene rings is 1. The van der Waals surface area contributed by atoms with Crippen molar-refractivity contribution in [1.29, 1.82) is 0 Å². The Kier molecular flexibility index (Phi) is 6.25. The van der Waals surface area contributed by atoms with Crippen LogP contribution >= 0.6 is 0 Å². The van der Waals surface area contributed by atoms with Crippen LogP contribution in [0, 0.1) is 0 Å². The maximum Gasteiger partial charge on any atom is 0.198 e. The number of nitrogens with one attached hydrogen (secondary N) is 1. The molecular weight excluding hydrogens is 272 g/mol. The van der Waals surface area contributed by atoms with Gasteiger partial charge in [-0.15, -0.1) is 0 Å². The number of likely N-dealkylation sites (N-methyl/N-ethyl adjacent to an activating group) is 1. The minimum absolute atomic E-state index is 0.579. The molecule has 1 heterocycles. The van der Waals surface area contributed by atoms with Gasteiger partial charge in [-0.25, -0.2) is 0 Å². The summed E-state index contributed by atoms with van der Waals surface area (Å²) in [5.74, 6) is 1.02. The molecule has 4 heteroatoms. The molecule has 0 fully saturated rings. The van der Waals surface area contributed by atoms with E-state index >= 15 is 0 Å². The van der Waals surface area contributed by atoms with Crippen molar-refractivity contribution in [2.75, 3.05) is 37.6 Å². The van der Waals surface area contributed by atoms with Gasteiger partial charge in [0.05, 0.1) is 6.54 Å². The maximum absolute atomic E-state index is 4.85. The van der Waals surface area contributed by atoms with Crippen LogP contribution < -0.4 is 10.2 Å². The van der Waals surface area contributed by atoms with Crippen LogP contribution in [0.25, 0.3) is 0 Å². The predicted octanol–water partition coefficient (Wildman–Crippen LogP) is 2.74. The van der Waals surface area contributed by atoms with Gasteiger partial charge in [-0.05, 0) is 45.4 Å². The van der Waals surface area contributed by atoms with Crippen molar-refractivity contribution in [3.63, 3.8) is 0 Å². The first-order chi connectivity index (χ1) is 10.7. The molecule has 0 unspecified atom stereocenters. The lowest BCUT2D eigenvalue weighted by molar-refractivity contribution is 0.240. The maximum atomic E-state index is 4.85. The number of para-hydroxylation sites is 1. The third-order valence-corrected chi connectivity index (χ3v) is 4.26. The number of rotatable bonds is 6. The van der Waals surface area contributed by atoms with Gasteiger partial charge in [-0.1, -0.05) is 25.1 Å². The molecule has 1 aliphatic heterocycles. The molecule has 1 aromatic rings. The van der Waals surface area contributed by atoms with Crippen molar-refractivity contribution < 1.29 is 0 Å². The molecule has 0 bridgehead atoms. The fourth-order valence-electron chi connectivity index (χ4n) is 3.02. The fraction of sp³-hybridized carbons (Fsp3) is 0.611. The molecule has 0 saturated carbocycles. The first-order valence-corrected chi connectivity index (χ1v) is 8.55. The van der Waals surface area contributed by atoms with Crippen molar-refractivity contribution in [2.45, 2.75) is 40.2 Å². The average Bonchev–Trinajstić information content (AvgIpc) is 2.94. The SMILES string of the molecule is CCNC(=NCCN(CC)C(C)C)N1CCc2ccccc21. The molecular formula is C18H30N4. The van der Waals surface area contributed by atoms with E-state index in [-0.39, 0.29) is 0 Å². The Morgan fingerprint density at radius 3 is 2.77 bits per heavy atom. The molecule has 22 heavy (non-hydrogen) atoms. The fourth-order valence-corrected chi connectivity index (χ4v) is 3.02. The van der Waals surface area contributed by atoms with E-state index in [1.165, 1.54) is 11.3 Å². The smallest absolute Gasteiger partial charge is 0.198 e. The highest BCUT2D eigenvalue weighted by atomic mass is 15.3. The van der Waals surface area contributed by atoms with Gasteiger partial charge in [0, 0.05) is 31.4 Å². The molecule has 1 aromatic carbocycles. The van der Waals surface area contributed by atoms with E-state index in [1.54, 1.807) is 0 Å². The summed E-state index contributed by atoms with van der Waals surface area (Å²) in [6.07, 6.45) is 1.10. The lowest BCUT2D eigenvalue weighted by Crippen LogP contribution is -2.41. The Hall–Kier alpha value is -1.55. The first kappa shape index (κ1) is 16.8. The Bertz CT molecular complexity index is 496. The topological polar surface area (TPSA) is 30.9 Å². The molecule has 0 spiro atoms. The zero-order chi connectivity index (χ0) is 15.9. The lowest BCUT2D eigenvalue weighted by atomic mass is 10.2. The van der Waals surface area contributed by atoms with Gasteiger partial charge < -0.3 is 10.2 Å². The van der Waals surface area contributed by atoms with Crippen LogP contribution in [0.3, 0.4) is 0 Å². The number of nitrogens with zero attached hydrogens (tertiary/aromatic N) is 3. The van der Waals surface area contributed by atoms with Crippen LogP contribution in [-0.4, -0.2) is 49.6 Å². The molecule has 0 saturated heterocycles. The largest absolute Gasteiger partial charge is 0.356 e. The summed E-state index contributed by atoms with van der Waals surface area (Å²) in [7, 11) is 0. The van der Waals surface area contributed by atoms with Crippen molar-refractivity contribution >= 4 is 11.6 Å². The summed E-state index contributed by atoms with van der Waals surface area (Å²) in [6.45, 7) is 13.7. The second-order valence-electron chi connectivity index (χ2n) is 5.99. The zero-order valence-electron chi connectivity index (χ0n) is 14.5. The Labute approximate surface area is 135 Å². The summed E-state index contributed by atoms with van der Waals surface area (Å²) in [5, 5.41) is 3.44. The van der Waals surface area contributed by atoms with Crippen LogP contribution in [0.5, 0.6) is 0 Å². The van der Waals surface area contributed by atoms with Gasteiger partial charge in [0.15, 0.2) is 5.96 Å². The zero-order valence-corrected chi connectivity index (χ0v) is 14.5. The van der Waals surface area contributed by atoms with Crippen molar-refractivity contribution in [3.8, 4) is 0 Å². The minimum atomic E-state index is 0.579. The summed E-state index contributed by atoms with van der Waals surface area (Å²) in [5.41, 5.74) is 2.73. The van der Waals surface area contributed by atoms with Crippen LogP contribution in [0.1, 0.15) is 33.3 Å². The van der Waals surface area contributed by atoms with Gasteiger partial charge in [0.2, 0.25) is 0 Å². The van der Waals surface area contributed by atoms with Gasteiger partial charge in [0.25, 0.3) is 0 Å². The molecule has 122 valence electrons. The Balaban J connectivity index is 2.05. The summed E-state index contributed by atoms with van der Waals surface area (Å²) in [4.78, 5) is 9.63. The van der Waals surface area contributed by atoms with Crippen molar-refractivity contribution in [3.05, 3.63) is 29.8 Å². The van der Waals surface area contributed by atoms with E-state index in [0.29, 0.717) is 6.04 Å². The summed E-state index contributed by atoms with van der Waals surface area (Å²) in [6, 6.07) is 9.22. The first-order valence-electron chi connectivity index (χ1n) is 8.55.